The molecule has 0 saturated heterocycles. The van der Waals surface area contributed by atoms with Crippen LogP contribution in [-0.4, -0.2) is 48.6 Å². The third kappa shape index (κ3) is 6.53. The second-order valence-electron chi connectivity index (χ2n) is 7.13. The molecule has 0 fully saturated rings. The van der Waals surface area contributed by atoms with Crippen molar-refractivity contribution in [3.63, 3.8) is 0 Å². The van der Waals surface area contributed by atoms with Crippen LogP contribution in [0.5, 0.6) is 0 Å². The van der Waals surface area contributed by atoms with Gasteiger partial charge in [-0.2, -0.15) is 0 Å². The van der Waals surface area contributed by atoms with Gasteiger partial charge in [0.15, 0.2) is 6.61 Å². The molecule has 1 aromatic rings. The van der Waals surface area contributed by atoms with E-state index in [-0.39, 0.29) is 40.5 Å². The highest BCUT2D eigenvalue weighted by molar-refractivity contribution is 8.00. The Morgan fingerprint density at radius 1 is 1.24 bits per heavy atom. The predicted octanol–water partition coefficient (Wildman–Crippen LogP) is 4.28. The zero-order valence-corrected chi connectivity index (χ0v) is 20.8. The third-order valence-electron chi connectivity index (χ3n) is 4.90. The summed E-state index contributed by atoms with van der Waals surface area (Å²) in [6.45, 7) is 1.28. The van der Waals surface area contributed by atoms with E-state index in [1.165, 1.54) is 13.2 Å². The van der Waals surface area contributed by atoms with E-state index in [2.05, 4.69) is 10.7 Å². The van der Waals surface area contributed by atoms with Crippen molar-refractivity contribution in [1.29, 1.82) is 0 Å². The maximum Gasteiger partial charge on any atom is 0.335 e. The molecule has 0 heterocycles. The van der Waals surface area contributed by atoms with E-state index in [1.54, 1.807) is 6.92 Å². The lowest BCUT2D eigenvalue weighted by Crippen LogP contribution is -2.40. The van der Waals surface area contributed by atoms with Crippen LogP contribution in [0.3, 0.4) is 0 Å². The normalized spacial score (nSPS) is 14.1. The Morgan fingerprint density at radius 2 is 1.88 bits per heavy atom. The van der Waals surface area contributed by atoms with Crippen LogP contribution in [0.4, 0.5) is 10.1 Å². The Labute approximate surface area is 210 Å². The number of nitrogens with zero attached hydrogens (tertiary/aromatic N) is 1. The Hall–Kier alpha value is -2.54. The molecular weight excluding hydrogens is 508 g/mol. The van der Waals surface area contributed by atoms with Crippen molar-refractivity contribution in [3.05, 3.63) is 34.1 Å². The van der Waals surface area contributed by atoms with Gasteiger partial charge >= 0.3 is 11.9 Å². The maximum atomic E-state index is 15.0. The summed E-state index contributed by atoms with van der Waals surface area (Å²) in [5, 5.41) is -0.726. The summed E-state index contributed by atoms with van der Waals surface area (Å²) in [7, 11) is 1.22. The third-order valence-corrected chi connectivity index (χ3v) is 6.70. The number of rotatable bonds is 8. The number of anilines is 1. The fraction of sp³-hybridized carbons (Fsp3) is 0.391. The van der Waals surface area contributed by atoms with Gasteiger partial charge in [-0.25, -0.2) is 14.1 Å². The van der Waals surface area contributed by atoms with Crippen molar-refractivity contribution in [2.75, 3.05) is 24.5 Å². The van der Waals surface area contributed by atoms with Crippen LogP contribution in [0.1, 0.15) is 32.6 Å². The van der Waals surface area contributed by atoms with Gasteiger partial charge in [0.2, 0.25) is 5.91 Å². The van der Waals surface area contributed by atoms with Crippen molar-refractivity contribution < 1.29 is 33.0 Å². The SMILES string of the molecule is C#CCOC(=O)C1=C(C(=O)N(C(=O)CCl)c2cc(SC(C)C(=O)OC)c(Cl)cc2F)CCCC1. The zero-order valence-electron chi connectivity index (χ0n) is 18.5. The smallest absolute Gasteiger partial charge is 0.335 e. The van der Waals surface area contributed by atoms with Crippen molar-refractivity contribution in [1.82, 2.24) is 0 Å². The minimum atomic E-state index is -0.959. The summed E-state index contributed by atoms with van der Waals surface area (Å²) in [5.41, 5.74) is -0.297. The van der Waals surface area contributed by atoms with Crippen LogP contribution in [0.2, 0.25) is 5.02 Å². The molecule has 2 rings (SSSR count). The summed E-state index contributed by atoms with van der Waals surface area (Å²) in [5.74, 6) is -2.51. The molecule has 0 aromatic heterocycles. The topological polar surface area (TPSA) is 90.0 Å². The van der Waals surface area contributed by atoms with E-state index in [9.17, 15) is 23.6 Å². The van der Waals surface area contributed by atoms with Gasteiger partial charge in [-0.1, -0.05) is 17.5 Å². The Morgan fingerprint density at radius 3 is 2.47 bits per heavy atom. The Bertz CT molecular complexity index is 1070. The van der Waals surface area contributed by atoms with E-state index >= 15 is 0 Å². The monoisotopic (exact) mass is 529 g/mol. The first kappa shape index (κ1) is 27.7. The average Bonchev–Trinajstić information content (AvgIpc) is 2.84. The second-order valence-corrected chi connectivity index (χ2v) is 9.19. The number of carbonyl (C=O) groups is 4. The molecule has 7 nitrogen and oxygen atoms in total. The molecular formula is C23H22Cl2FNO6S. The van der Waals surface area contributed by atoms with Crippen LogP contribution in [0.25, 0.3) is 0 Å². The van der Waals surface area contributed by atoms with Gasteiger partial charge in [-0.15, -0.1) is 29.8 Å². The van der Waals surface area contributed by atoms with Gasteiger partial charge < -0.3 is 9.47 Å². The van der Waals surface area contributed by atoms with E-state index in [1.807, 2.05) is 0 Å². The molecule has 1 aliphatic carbocycles. The highest BCUT2D eigenvalue weighted by atomic mass is 35.5. The fourth-order valence-corrected chi connectivity index (χ4v) is 4.63. The number of benzene rings is 1. The maximum absolute atomic E-state index is 15.0. The molecule has 0 spiro atoms. The van der Waals surface area contributed by atoms with Gasteiger partial charge in [0, 0.05) is 16.0 Å². The van der Waals surface area contributed by atoms with E-state index in [0.29, 0.717) is 17.7 Å². The van der Waals surface area contributed by atoms with Crippen molar-refractivity contribution >= 4 is 64.4 Å². The standard InChI is InChI=1S/C23H22Cl2FNO6S/c1-4-9-33-23(31)15-8-6-5-7-14(15)21(29)27(20(28)12-24)18-11-19(16(25)10-17(18)26)34-13(2)22(30)32-3/h1,10-11,13H,5-9,12H2,2-3H3. The summed E-state index contributed by atoms with van der Waals surface area (Å²) in [4.78, 5) is 51.2. The molecule has 182 valence electrons. The van der Waals surface area contributed by atoms with Gasteiger partial charge in [0.05, 0.1) is 17.8 Å². The summed E-state index contributed by atoms with van der Waals surface area (Å²) in [6.07, 6.45) is 6.76. The van der Waals surface area contributed by atoms with E-state index < -0.39 is 46.4 Å². The van der Waals surface area contributed by atoms with Gasteiger partial charge in [-0.05, 0) is 44.7 Å². The number of halogens is 3. The molecule has 2 amide bonds. The fourth-order valence-electron chi connectivity index (χ4n) is 3.30. The first-order valence-corrected chi connectivity index (χ1v) is 11.9. The molecule has 34 heavy (non-hydrogen) atoms. The number of hydrogen-bond donors (Lipinski definition) is 0. The summed E-state index contributed by atoms with van der Waals surface area (Å²) >= 11 is 12.8. The van der Waals surface area contributed by atoms with Gasteiger partial charge in [0.25, 0.3) is 5.91 Å². The van der Waals surface area contributed by atoms with Crippen LogP contribution >= 0.6 is 35.0 Å². The summed E-state index contributed by atoms with van der Waals surface area (Å²) < 4.78 is 24.6. The molecule has 0 radical (unpaired) electrons. The van der Waals surface area contributed by atoms with Crippen molar-refractivity contribution in [3.8, 4) is 12.3 Å². The molecule has 1 aromatic carbocycles. The van der Waals surface area contributed by atoms with Crippen LogP contribution in [-0.2, 0) is 28.7 Å². The quantitative estimate of drug-likeness (QED) is 0.215. The number of thioether (sulfide) groups is 1. The van der Waals surface area contributed by atoms with Crippen LogP contribution in [0, 0.1) is 18.2 Å². The largest absolute Gasteiger partial charge is 0.468 e. The van der Waals surface area contributed by atoms with Crippen LogP contribution in [0.15, 0.2) is 28.2 Å². The Balaban J connectivity index is 2.56. The predicted molar refractivity (Wildman–Crippen MR) is 127 cm³/mol. The van der Waals surface area contributed by atoms with Crippen LogP contribution < -0.4 is 4.90 Å². The summed E-state index contributed by atoms with van der Waals surface area (Å²) in [6, 6.07) is 2.12. The number of carbonyl (C=O) groups excluding carboxylic acids is 4. The van der Waals surface area contributed by atoms with Gasteiger partial charge in [0.1, 0.15) is 16.9 Å². The molecule has 1 atom stereocenters. The lowest BCUT2D eigenvalue weighted by Gasteiger charge is -2.26. The molecule has 1 aliphatic rings. The first-order chi connectivity index (χ1) is 16.2. The lowest BCUT2D eigenvalue weighted by molar-refractivity contribution is -0.140. The number of esters is 2. The number of hydrogen-bond acceptors (Lipinski definition) is 7. The number of alkyl halides is 1. The number of imide groups is 1. The second kappa shape index (κ2) is 12.8. The highest BCUT2D eigenvalue weighted by Crippen LogP contribution is 2.37. The van der Waals surface area contributed by atoms with E-state index in [4.69, 9.17) is 34.4 Å². The minimum Gasteiger partial charge on any atom is -0.468 e. The number of methoxy groups -OCH3 is 1. The highest BCUT2D eigenvalue weighted by Gasteiger charge is 2.33. The van der Waals surface area contributed by atoms with Crippen molar-refractivity contribution in [2.45, 2.75) is 42.8 Å². The van der Waals surface area contributed by atoms with Gasteiger partial charge in [-0.3, -0.25) is 14.4 Å². The zero-order chi connectivity index (χ0) is 25.4. The first-order valence-electron chi connectivity index (χ1n) is 10.2. The number of ether oxygens (including phenoxy) is 2. The molecule has 11 heteroatoms. The number of terminal acetylenes is 1. The lowest BCUT2D eigenvalue weighted by atomic mass is 9.90. The number of amides is 2. The molecule has 0 N–H and O–H groups in total. The van der Waals surface area contributed by atoms with Crippen molar-refractivity contribution in [2.24, 2.45) is 0 Å². The Kier molecular flexibility index (Phi) is 10.4. The molecule has 0 saturated carbocycles. The molecule has 1 unspecified atom stereocenters. The average molecular weight is 530 g/mol. The van der Waals surface area contributed by atoms with E-state index in [0.717, 1.165) is 17.8 Å². The molecule has 0 aliphatic heterocycles. The molecule has 0 bridgehead atoms. The minimum absolute atomic E-state index is 0.0249.